The molecule has 0 saturated carbocycles. The third-order valence-electron chi connectivity index (χ3n) is 3.17. The van der Waals surface area contributed by atoms with Crippen LogP contribution in [0.1, 0.15) is 23.2 Å². The zero-order chi connectivity index (χ0) is 13.2. The van der Waals surface area contributed by atoms with E-state index in [1.807, 2.05) is 30.5 Å². The van der Waals surface area contributed by atoms with Crippen LogP contribution in [0.25, 0.3) is 10.9 Å². The maximum atomic E-state index is 9.10. The van der Waals surface area contributed by atoms with E-state index in [0.29, 0.717) is 0 Å². The molecule has 3 aromatic rings. The van der Waals surface area contributed by atoms with Gasteiger partial charge in [-0.05, 0) is 24.6 Å². The second-order valence-corrected chi connectivity index (χ2v) is 5.32. The topological polar surface area (TPSA) is 41.6 Å². The number of hydrogen-bond acceptors (Lipinski definition) is 3. The number of aromatic nitrogens is 2. The molecule has 0 N–H and O–H groups in total. The number of benzene rings is 1. The predicted octanol–water partition coefficient (Wildman–Crippen LogP) is 3.58. The number of thiazole rings is 1. The first-order valence-corrected chi connectivity index (χ1v) is 7.11. The van der Waals surface area contributed by atoms with Gasteiger partial charge < -0.3 is 4.57 Å². The van der Waals surface area contributed by atoms with Gasteiger partial charge in [-0.1, -0.05) is 13.0 Å². The molecule has 0 unspecified atom stereocenters. The van der Waals surface area contributed by atoms with Crippen LogP contribution in [-0.4, -0.2) is 9.55 Å². The van der Waals surface area contributed by atoms with Crippen LogP contribution in [0.4, 0.5) is 0 Å². The molecule has 0 spiro atoms. The minimum Gasteiger partial charge on any atom is -0.341 e. The zero-order valence-electron chi connectivity index (χ0n) is 10.6. The Labute approximate surface area is 115 Å². The van der Waals surface area contributed by atoms with Crippen LogP contribution in [0, 0.1) is 11.3 Å². The molecule has 4 heteroatoms. The minimum atomic E-state index is 0.726. The van der Waals surface area contributed by atoms with Crippen molar-refractivity contribution in [3.05, 3.63) is 52.1 Å². The Kier molecular flexibility index (Phi) is 3.06. The van der Waals surface area contributed by atoms with Gasteiger partial charge in [0.15, 0.2) is 0 Å². The lowest BCUT2D eigenvalue weighted by Crippen LogP contribution is -1.98. The molecule has 0 radical (unpaired) electrons. The normalized spacial score (nSPS) is 10.7. The molecule has 0 aliphatic heterocycles. The van der Waals surface area contributed by atoms with Gasteiger partial charge in [0.05, 0.1) is 28.9 Å². The van der Waals surface area contributed by atoms with Gasteiger partial charge in [0, 0.05) is 22.5 Å². The van der Waals surface area contributed by atoms with Gasteiger partial charge in [-0.25, -0.2) is 4.98 Å². The Morgan fingerprint density at radius 2 is 2.26 bits per heavy atom. The molecule has 0 bridgehead atoms. The summed E-state index contributed by atoms with van der Waals surface area (Å²) in [5.74, 6) is 0. The molecular formula is C15H13N3S. The second-order valence-electron chi connectivity index (χ2n) is 4.38. The number of nitrogens with zero attached hydrogens (tertiary/aromatic N) is 3. The van der Waals surface area contributed by atoms with E-state index in [1.165, 1.54) is 5.01 Å². The van der Waals surface area contributed by atoms with Crippen molar-refractivity contribution in [2.45, 2.75) is 19.9 Å². The molecule has 2 heterocycles. The maximum absolute atomic E-state index is 9.10. The fraction of sp³-hybridized carbons (Fsp3) is 0.200. The molecule has 2 aromatic heterocycles. The molecule has 0 aliphatic carbocycles. The number of aryl methyl sites for hydroxylation is 1. The van der Waals surface area contributed by atoms with E-state index >= 15 is 0 Å². The van der Waals surface area contributed by atoms with E-state index in [-0.39, 0.29) is 0 Å². The van der Waals surface area contributed by atoms with Gasteiger partial charge in [-0.15, -0.1) is 11.3 Å². The number of hydrogen-bond donors (Lipinski definition) is 0. The Hall–Kier alpha value is -2.12. The molecule has 1 aromatic carbocycles. The highest BCUT2D eigenvalue weighted by atomic mass is 32.1. The summed E-state index contributed by atoms with van der Waals surface area (Å²) < 4.78 is 2.14. The average molecular weight is 267 g/mol. The molecule has 19 heavy (non-hydrogen) atoms. The zero-order valence-corrected chi connectivity index (χ0v) is 11.4. The summed E-state index contributed by atoms with van der Waals surface area (Å²) in [6, 6.07) is 10.1. The van der Waals surface area contributed by atoms with Crippen LogP contribution in [0.15, 0.2) is 35.8 Å². The fourth-order valence-corrected chi connectivity index (χ4v) is 2.95. The fourth-order valence-electron chi connectivity index (χ4n) is 2.22. The van der Waals surface area contributed by atoms with Crippen molar-refractivity contribution < 1.29 is 0 Å². The smallest absolute Gasteiger partial charge is 0.0998 e. The quantitative estimate of drug-likeness (QED) is 0.728. The summed E-state index contributed by atoms with van der Waals surface area (Å²) in [5.41, 5.74) is 2.90. The lowest BCUT2D eigenvalue weighted by atomic mass is 10.1. The highest BCUT2D eigenvalue weighted by Gasteiger charge is 2.07. The van der Waals surface area contributed by atoms with Gasteiger partial charge in [0.2, 0.25) is 0 Å². The SMILES string of the molecule is CCc1nc(Cn2ccc3c(C#N)cccc32)cs1. The first-order valence-electron chi connectivity index (χ1n) is 6.23. The molecule has 3 rings (SSSR count). The van der Waals surface area contributed by atoms with E-state index in [1.54, 1.807) is 11.3 Å². The van der Waals surface area contributed by atoms with Crippen LogP contribution in [0.3, 0.4) is 0 Å². The van der Waals surface area contributed by atoms with Crippen molar-refractivity contribution in [3.8, 4) is 6.07 Å². The highest BCUT2D eigenvalue weighted by molar-refractivity contribution is 7.09. The second kappa shape index (κ2) is 4.87. The summed E-state index contributed by atoms with van der Waals surface area (Å²) in [5, 5.41) is 13.4. The van der Waals surface area contributed by atoms with Gasteiger partial charge in [-0.3, -0.25) is 0 Å². The van der Waals surface area contributed by atoms with Crippen LogP contribution < -0.4 is 0 Å². The van der Waals surface area contributed by atoms with Crippen LogP contribution in [-0.2, 0) is 13.0 Å². The number of nitriles is 1. The monoisotopic (exact) mass is 267 g/mol. The van der Waals surface area contributed by atoms with Gasteiger partial charge in [0.1, 0.15) is 0 Å². The van der Waals surface area contributed by atoms with Gasteiger partial charge >= 0.3 is 0 Å². The average Bonchev–Trinajstić information content (AvgIpc) is 3.06. The largest absolute Gasteiger partial charge is 0.341 e. The summed E-state index contributed by atoms with van der Waals surface area (Å²) in [6.45, 7) is 2.88. The number of rotatable bonds is 3. The molecule has 3 nitrogen and oxygen atoms in total. The Bertz CT molecular complexity index is 761. The third-order valence-corrected chi connectivity index (χ3v) is 4.21. The number of fused-ring (bicyclic) bond motifs is 1. The van der Waals surface area contributed by atoms with Crippen LogP contribution in [0.2, 0.25) is 0 Å². The van der Waals surface area contributed by atoms with E-state index in [4.69, 9.17) is 5.26 Å². The van der Waals surface area contributed by atoms with Crippen molar-refractivity contribution in [1.82, 2.24) is 9.55 Å². The first-order chi connectivity index (χ1) is 9.31. The first kappa shape index (κ1) is 11.9. The standard InChI is InChI=1S/C15H13N3S/c1-2-15-17-12(10-19-15)9-18-7-6-13-11(8-16)4-3-5-14(13)18/h3-7,10H,2,9H2,1H3. The summed E-state index contributed by atoms with van der Waals surface area (Å²) in [4.78, 5) is 4.59. The minimum absolute atomic E-state index is 0.726. The summed E-state index contributed by atoms with van der Waals surface area (Å²) >= 11 is 1.71. The Balaban J connectivity index is 2.00. The van der Waals surface area contributed by atoms with Crippen LogP contribution in [0.5, 0.6) is 0 Å². The van der Waals surface area contributed by atoms with E-state index < -0.39 is 0 Å². The van der Waals surface area contributed by atoms with Crippen molar-refractivity contribution in [2.75, 3.05) is 0 Å². The Morgan fingerprint density at radius 3 is 3.00 bits per heavy atom. The molecule has 0 aliphatic rings. The van der Waals surface area contributed by atoms with Crippen molar-refractivity contribution in [3.63, 3.8) is 0 Å². The maximum Gasteiger partial charge on any atom is 0.0998 e. The molecule has 0 atom stereocenters. The third kappa shape index (κ3) is 2.13. The van der Waals surface area contributed by atoms with Crippen molar-refractivity contribution >= 4 is 22.2 Å². The van der Waals surface area contributed by atoms with Crippen molar-refractivity contribution in [1.29, 1.82) is 5.26 Å². The van der Waals surface area contributed by atoms with E-state index in [0.717, 1.165) is 35.1 Å². The van der Waals surface area contributed by atoms with E-state index in [2.05, 4.69) is 27.9 Å². The van der Waals surface area contributed by atoms with Crippen molar-refractivity contribution in [2.24, 2.45) is 0 Å². The molecule has 0 fully saturated rings. The predicted molar refractivity (Wildman–Crippen MR) is 77.2 cm³/mol. The molecule has 0 saturated heterocycles. The Morgan fingerprint density at radius 1 is 1.37 bits per heavy atom. The summed E-state index contributed by atoms with van der Waals surface area (Å²) in [7, 11) is 0. The molecule has 94 valence electrons. The van der Waals surface area contributed by atoms with E-state index in [9.17, 15) is 0 Å². The van der Waals surface area contributed by atoms with Crippen LogP contribution >= 0.6 is 11.3 Å². The molecule has 0 amide bonds. The lowest BCUT2D eigenvalue weighted by Gasteiger charge is -2.03. The molecular weight excluding hydrogens is 254 g/mol. The summed E-state index contributed by atoms with van der Waals surface area (Å²) in [6.07, 6.45) is 3.01. The van der Waals surface area contributed by atoms with Gasteiger partial charge in [-0.2, -0.15) is 5.26 Å². The van der Waals surface area contributed by atoms with Gasteiger partial charge in [0.25, 0.3) is 0 Å². The lowest BCUT2D eigenvalue weighted by molar-refractivity contribution is 0.808. The highest BCUT2D eigenvalue weighted by Crippen LogP contribution is 2.21.